The van der Waals surface area contributed by atoms with Crippen LogP contribution in [-0.4, -0.2) is 67.0 Å². The number of rotatable bonds is 3. The molecule has 0 saturated carbocycles. The zero-order valence-electron chi connectivity index (χ0n) is 12.4. The highest BCUT2D eigenvalue weighted by Gasteiger charge is 2.27. The first-order valence-electron chi connectivity index (χ1n) is 6.78. The van der Waals surface area contributed by atoms with Gasteiger partial charge in [0.25, 0.3) is 5.91 Å². The van der Waals surface area contributed by atoms with Crippen LogP contribution in [0.4, 0.5) is 0 Å². The van der Waals surface area contributed by atoms with Gasteiger partial charge in [-0.25, -0.2) is 13.2 Å². The molecule has 22 heavy (non-hydrogen) atoms. The van der Waals surface area contributed by atoms with Crippen LogP contribution in [0.5, 0.6) is 0 Å². The average molecular weight is 326 g/mol. The van der Waals surface area contributed by atoms with Gasteiger partial charge < -0.3 is 10.0 Å². The molecule has 1 heterocycles. The summed E-state index contributed by atoms with van der Waals surface area (Å²) in [5, 5.41) is 9.05. The molecule has 0 bridgehead atoms. The highest BCUT2D eigenvalue weighted by Crippen LogP contribution is 2.15. The maximum atomic E-state index is 12.4. The molecule has 2 rings (SSSR count). The van der Waals surface area contributed by atoms with E-state index in [1.165, 1.54) is 16.4 Å². The van der Waals surface area contributed by atoms with E-state index in [4.69, 9.17) is 5.11 Å². The maximum Gasteiger partial charge on any atom is 0.335 e. The summed E-state index contributed by atoms with van der Waals surface area (Å²) in [5.74, 6) is -1.36. The first-order chi connectivity index (χ1) is 10.2. The fraction of sp³-hybridized carbons (Fsp3) is 0.429. The van der Waals surface area contributed by atoms with E-state index in [1.807, 2.05) is 0 Å². The number of nitrogens with zero attached hydrogens (tertiary/aromatic N) is 2. The van der Waals surface area contributed by atoms with Crippen LogP contribution in [0.3, 0.4) is 0 Å². The van der Waals surface area contributed by atoms with E-state index in [1.54, 1.807) is 17.9 Å². The van der Waals surface area contributed by atoms with E-state index < -0.39 is 16.0 Å². The molecular weight excluding hydrogens is 308 g/mol. The number of aryl methyl sites for hydroxylation is 1. The molecule has 1 aliphatic rings. The first-order valence-corrected chi connectivity index (χ1v) is 8.62. The normalized spacial score (nSPS) is 16.5. The van der Waals surface area contributed by atoms with E-state index in [2.05, 4.69) is 0 Å². The van der Waals surface area contributed by atoms with Gasteiger partial charge in [-0.2, -0.15) is 4.31 Å². The zero-order chi connectivity index (χ0) is 16.5. The van der Waals surface area contributed by atoms with Crippen molar-refractivity contribution in [2.75, 3.05) is 32.4 Å². The monoisotopic (exact) mass is 326 g/mol. The smallest absolute Gasteiger partial charge is 0.335 e. The van der Waals surface area contributed by atoms with Crippen molar-refractivity contribution in [3.05, 3.63) is 34.9 Å². The number of carbonyl (C=O) groups excluding carboxylic acids is 1. The lowest BCUT2D eigenvalue weighted by Gasteiger charge is -2.33. The molecule has 1 amide bonds. The van der Waals surface area contributed by atoms with Crippen LogP contribution < -0.4 is 0 Å². The molecule has 1 aromatic carbocycles. The standard InChI is InChI=1S/C14H18N2O5S/c1-10-7-11(9-12(8-10)14(18)19)13(17)15-3-5-16(6-4-15)22(2,20)21/h7-9H,3-6H2,1-2H3,(H,18,19). The minimum absolute atomic E-state index is 0.0677. The van der Waals surface area contributed by atoms with Crippen LogP contribution in [0.15, 0.2) is 18.2 Å². The number of sulfonamides is 1. The van der Waals surface area contributed by atoms with Crippen molar-refractivity contribution < 1.29 is 23.1 Å². The molecule has 0 aliphatic carbocycles. The van der Waals surface area contributed by atoms with E-state index in [-0.39, 0.29) is 24.6 Å². The van der Waals surface area contributed by atoms with Crippen LogP contribution in [0.1, 0.15) is 26.3 Å². The molecule has 1 aliphatic heterocycles. The third-order valence-corrected chi connectivity index (χ3v) is 4.87. The van der Waals surface area contributed by atoms with Crippen LogP contribution in [0.25, 0.3) is 0 Å². The highest BCUT2D eigenvalue weighted by atomic mass is 32.2. The highest BCUT2D eigenvalue weighted by molar-refractivity contribution is 7.88. The van der Waals surface area contributed by atoms with Gasteiger partial charge in [0.1, 0.15) is 0 Å². The Hall–Kier alpha value is -1.93. The quantitative estimate of drug-likeness (QED) is 0.868. The van der Waals surface area contributed by atoms with Crippen LogP contribution >= 0.6 is 0 Å². The van der Waals surface area contributed by atoms with E-state index in [0.29, 0.717) is 24.2 Å². The summed E-state index contributed by atoms with van der Waals surface area (Å²) in [4.78, 5) is 25.1. The summed E-state index contributed by atoms with van der Waals surface area (Å²) >= 11 is 0. The first kappa shape index (κ1) is 16.4. The van der Waals surface area contributed by atoms with Crippen molar-refractivity contribution in [2.24, 2.45) is 0 Å². The number of hydrogen-bond acceptors (Lipinski definition) is 4. The largest absolute Gasteiger partial charge is 0.478 e. The van der Waals surface area contributed by atoms with Crippen LogP contribution in [0, 0.1) is 6.92 Å². The lowest BCUT2D eigenvalue weighted by atomic mass is 10.1. The zero-order valence-corrected chi connectivity index (χ0v) is 13.3. The molecule has 0 unspecified atom stereocenters. The third-order valence-electron chi connectivity index (χ3n) is 3.57. The molecule has 1 aromatic rings. The number of carbonyl (C=O) groups is 2. The van der Waals surface area contributed by atoms with Crippen molar-refractivity contribution in [3.8, 4) is 0 Å². The number of carboxylic acids is 1. The second-order valence-corrected chi connectivity index (χ2v) is 7.33. The van der Waals surface area contributed by atoms with Gasteiger partial charge in [0.05, 0.1) is 11.8 Å². The summed E-state index contributed by atoms with van der Waals surface area (Å²) in [6.07, 6.45) is 1.14. The molecular formula is C14H18N2O5S. The number of amides is 1. The predicted molar refractivity (Wildman–Crippen MR) is 80.5 cm³/mol. The van der Waals surface area contributed by atoms with Gasteiger partial charge >= 0.3 is 5.97 Å². The summed E-state index contributed by atoms with van der Waals surface area (Å²) in [5.41, 5.74) is 1.07. The van der Waals surface area contributed by atoms with Gasteiger partial charge in [0, 0.05) is 31.7 Å². The Balaban J connectivity index is 2.15. The summed E-state index contributed by atoms with van der Waals surface area (Å²) in [6, 6.07) is 4.49. The third kappa shape index (κ3) is 3.63. The lowest BCUT2D eigenvalue weighted by molar-refractivity contribution is 0.0696. The molecule has 0 spiro atoms. The minimum Gasteiger partial charge on any atom is -0.478 e. The van der Waals surface area contributed by atoms with E-state index in [9.17, 15) is 18.0 Å². The molecule has 120 valence electrons. The van der Waals surface area contributed by atoms with Crippen molar-refractivity contribution in [2.45, 2.75) is 6.92 Å². The van der Waals surface area contributed by atoms with Crippen molar-refractivity contribution in [1.82, 2.24) is 9.21 Å². The molecule has 8 heteroatoms. The maximum absolute atomic E-state index is 12.4. The van der Waals surface area contributed by atoms with Gasteiger partial charge in [-0.3, -0.25) is 4.79 Å². The summed E-state index contributed by atoms with van der Waals surface area (Å²) < 4.78 is 24.2. The second kappa shape index (κ2) is 6.05. The van der Waals surface area contributed by atoms with Gasteiger partial charge in [0.15, 0.2) is 0 Å². The lowest BCUT2D eigenvalue weighted by Crippen LogP contribution is -2.50. The van der Waals surface area contributed by atoms with Gasteiger partial charge in [-0.05, 0) is 30.7 Å². The van der Waals surface area contributed by atoms with Crippen LogP contribution in [-0.2, 0) is 10.0 Å². The molecule has 1 fully saturated rings. The minimum atomic E-state index is -3.25. The Morgan fingerprint density at radius 2 is 1.59 bits per heavy atom. The van der Waals surface area contributed by atoms with Crippen molar-refractivity contribution in [1.29, 1.82) is 0 Å². The fourth-order valence-corrected chi connectivity index (χ4v) is 3.26. The molecule has 0 aromatic heterocycles. The molecule has 1 saturated heterocycles. The Labute approximate surface area is 129 Å². The summed E-state index contributed by atoms with van der Waals surface area (Å²) in [6.45, 7) is 2.82. The topological polar surface area (TPSA) is 95.0 Å². The van der Waals surface area contributed by atoms with Gasteiger partial charge in [-0.15, -0.1) is 0 Å². The number of carboxylic acid groups (broad SMARTS) is 1. The Kier molecular flexibility index (Phi) is 4.52. The average Bonchev–Trinajstić information content (AvgIpc) is 2.45. The van der Waals surface area contributed by atoms with Crippen molar-refractivity contribution >= 4 is 21.9 Å². The molecule has 0 radical (unpaired) electrons. The molecule has 1 N–H and O–H groups in total. The predicted octanol–water partition coefficient (Wildman–Crippen LogP) is 0.411. The van der Waals surface area contributed by atoms with Crippen LogP contribution in [0.2, 0.25) is 0 Å². The Morgan fingerprint density at radius 3 is 2.09 bits per heavy atom. The fourth-order valence-electron chi connectivity index (χ4n) is 2.44. The molecule has 0 atom stereocenters. The van der Waals surface area contributed by atoms with Crippen molar-refractivity contribution in [3.63, 3.8) is 0 Å². The van der Waals surface area contributed by atoms with E-state index in [0.717, 1.165) is 6.26 Å². The van der Waals surface area contributed by atoms with E-state index >= 15 is 0 Å². The Morgan fingerprint density at radius 1 is 1.05 bits per heavy atom. The number of aromatic carboxylic acids is 1. The Bertz CT molecular complexity index is 706. The molecule has 7 nitrogen and oxygen atoms in total. The number of benzene rings is 1. The summed E-state index contributed by atoms with van der Waals surface area (Å²) in [7, 11) is -3.25. The number of hydrogen-bond donors (Lipinski definition) is 1. The second-order valence-electron chi connectivity index (χ2n) is 5.35. The number of piperazine rings is 1. The SMILES string of the molecule is Cc1cc(C(=O)O)cc(C(=O)N2CCN(S(C)(=O)=O)CC2)c1. The van der Waals surface area contributed by atoms with Gasteiger partial charge in [-0.1, -0.05) is 0 Å². The van der Waals surface area contributed by atoms with Gasteiger partial charge in [0.2, 0.25) is 10.0 Å².